The maximum atomic E-state index is 13.8. The van der Waals surface area contributed by atoms with Gasteiger partial charge in [-0.15, -0.1) is 11.3 Å². The molecule has 0 saturated carbocycles. The molecule has 2 atom stereocenters. The van der Waals surface area contributed by atoms with Crippen LogP contribution in [0.1, 0.15) is 38.8 Å². The number of halogens is 2. The molecule has 37 heavy (non-hydrogen) atoms. The van der Waals surface area contributed by atoms with Crippen molar-refractivity contribution in [3.8, 4) is 0 Å². The number of thiophene rings is 1. The first-order chi connectivity index (χ1) is 17.7. The average molecular weight is 527 g/mol. The molecule has 2 heterocycles. The summed E-state index contributed by atoms with van der Waals surface area (Å²) in [4.78, 5) is 35.1. The lowest BCUT2D eigenvalue weighted by atomic mass is 10.0. The fraction of sp³-hybridized carbons (Fsp3) is 0.296. The average Bonchev–Trinajstić information content (AvgIpc) is 3.20. The lowest BCUT2D eigenvalue weighted by Gasteiger charge is -2.28. The van der Waals surface area contributed by atoms with Crippen LogP contribution in [0.15, 0.2) is 53.6 Å². The molecular formula is C27H28F2N4O3S. The number of aliphatic hydroxyl groups excluding tert-OH is 1. The number of nitrogens with one attached hydrogen (secondary N) is 1. The van der Waals surface area contributed by atoms with E-state index in [1.54, 1.807) is 6.92 Å². The molecule has 7 nitrogen and oxygen atoms in total. The minimum absolute atomic E-state index is 0.0183. The number of aromatic nitrogens is 2. The summed E-state index contributed by atoms with van der Waals surface area (Å²) in [5, 5.41) is 11.3. The number of hydrogen-bond acceptors (Lipinski definition) is 6. The van der Waals surface area contributed by atoms with Gasteiger partial charge in [-0.25, -0.2) is 13.8 Å². The maximum absolute atomic E-state index is 13.8. The van der Waals surface area contributed by atoms with E-state index in [1.807, 2.05) is 31.2 Å². The topological polar surface area (TPSA) is 112 Å². The van der Waals surface area contributed by atoms with Gasteiger partial charge in [-0.3, -0.25) is 9.59 Å². The summed E-state index contributed by atoms with van der Waals surface area (Å²) in [6.45, 7) is 3.80. The molecule has 10 heteroatoms. The van der Waals surface area contributed by atoms with Crippen molar-refractivity contribution in [3.63, 3.8) is 0 Å². The summed E-state index contributed by atoms with van der Waals surface area (Å²) >= 11 is 1.12. The van der Waals surface area contributed by atoms with E-state index in [9.17, 15) is 23.5 Å². The van der Waals surface area contributed by atoms with E-state index in [0.29, 0.717) is 26.2 Å². The van der Waals surface area contributed by atoms with E-state index in [0.717, 1.165) is 35.0 Å². The van der Waals surface area contributed by atoms with Crippen LogP contribution >= 0.6 is 11.3 Å². The molecule has 0 bridgehead atoms. The number of fused-ring (bicyclic) bond motifs is 1. The molecule has 4 N–H and O–H groups in total. The normalized spacial score (nSPS) is 13.0. The number of benzene rings is 2. The zero-order chi connectivity index (χ0) is 26.7. The number of hydrogen-bond donors (Lipinski definition) is 3. The van der Waals surface area contributed by atoms with Crippen LogP contribution in [0.4, 0.5) is 8.78 Å². The van der Waals surface area contributed by atoms with Crippen LogP contribution in [0.3, 0.4) is 0 Å². The Kier molecular flexibility index (Phi) is 8.11. The molecule has 0 aliphatic carbocycles. The number of nitrogens with two attached hydrogens (primary N) is 1. The van der Waals surface area contributed by atoms with Crippen LogP contribution in [0.2, 0.25) is 0 Å². The van der Waals surface area contributed by atoms with E-state index in [4.69, 9.17) is 5.73 Å². The Morgan fingerprint density at radius 2 is 1.86 bits per heavy atom. The number of rotatable bonds is 9. The number of carbonyl (C=O) groups is 1. The molecule has 0 radical (unpaired) electrons. The number of amides is 1. The van der Waals surface area contributed by atoms with Gasteiger partial charge in [0.15, 0.2) is 0 Å². The van der Waals surface area contributed by atoms with Gasteiger partial charge in [0, 0.05) is 25.2 Å². The second-order valence-corrected chi connectivity index (χ2v) is 10.0. The molecule has 2 aromatic carbocycles. The predicted octanol–water partition coefficient (Wildman–Crippen LogP) is 3.71. The third kappa shape index (κ3) is 6.10. The van der Waals surface area contributed by atoms with E-state index < -0.39 is 23.8 Å². The molecule has 194 valence electrons. The number of aryl methyl sites for hydroxylation is 2. The Morgan fingerprint density at radius 3 is 2.54 bits per heavy atom. The van der Waals surface area contributed by atoms with Crippen LogP contribution in [0.5, 0.6) is 0 Å². The molecule has 0 fully saturated rings. The summed E-state index contributed by atoms with van der Waals surface area (Å²) in [5.74, 6) is -1.83. The summed E-state index contributed by atoms with van der Waals surface area (Å²) in [5.41, 5.74) is 8.67. The van der Waals surface area contributed by atoms with Crippen molar-refractivity contribution in [3.05, 3.63) is 97.9 Å². The SMILES string of the molecule is CCc1cccc(CN(CC(O)C(N)Cc2cc(F)cc(F)c2)C(=O)c2sc3nc[nH]c(=O)c3c2C)c1. The molecular weight excluding hydrogens is 498 g/mol. The molecule has 4 aromatic rings. The largest absolute Gasteiger partial charge is 0.390 e. The number of H-pyrrole nitrogens is 1. The fourth-order valence-electron chi connectivity index (χ4n) is 4.31. The van der Waals surface area contributed by atoms with Gasteiger partial charge in [0.1, 0.15) is 16.5 Å². The van der Waals surface area contributed by atoms with E-state index >= 15 is 0 Å². The minimum Gasteiger partial charge on any atom is -0.390 e. The van der Waals surface area contributed by atoms with Crippen molar-refractivity contribution in [1.29, 1.82) is 0 Å². The lowest BCUT2D eigenvalue weighted by Crippen LogP contribution is -2.46. The van der Waals surface area contributed by atoms with E-state index in [2.05, 4.69) is 9.97 Å². The Balaban J connectivity index is 1.63. The molecule has 2 unspecified atom stereocenters. The second-order valence-electron chi connectivity index (χ2n) is 9.04. The van der Waals surface area contributed by atoms with Gasteiger partial charge in [-0.2, -0.15) is 0 Å². The summed E-state index contributed by atoms with van der Waals surface area (Å²) in [7, 11) is 0. The van der Waals surface area contributed by atoms with Gasteiger partial charge >= 0.3 is 0 Å². The zero-order valence-electron chi connectivity index (χ0n) is 20.5. The van der Waals surface area contributed by atoms with Crippen LogP contribution in [0, 0.1) is 18.6 Å². The van der Waals surface area contributed by atoms with Gasteiger partial charge < -0.3 is 20.7 Å². The molecule has 0 aliphatic heterocycles. The van der Waals surface area contributed by atoms with Crippen molar-refractivity contribution in [2.45, 2.75) is 45.4 Å². The minimum atomic E-state index is -1.18. The second kappa shape index (κ2) is 11.3. The van der Waals surface area contributed by atoms with Crippen molar-refractivity contribution >= 4 is 27.5 Å². The maximum Gasteiger partial charge on any atom is 0.264 e. The number of aliphatic hydroxyl groups is 1. The van der Waals surface area contributed by atoms with Crippen LogP contribution in [-0.4, -0.2) is 44.6 Å². The molecule has 0 saturated heterocycles. The van der Waals surface area contributed by atoms with Crippen LogP contribution in [0.25, 0.3) is 10.2 Å². The van der Waals surface area contributed by atoms with Gasteiger partial charge in [-0.1, -0.05) is 31.2 Å². The monoisotopic (exact) mass is 526 g/mol. The Hall–Kier alpha value is -3.47. The standard InChI is InChI=1S/C27H28F2N4O3S/c1-3-16-5-4-6-17(7-16)12-33(13-22(34)21(30)10-18-8-19(28)11-20(29)9-18)27(36)24-15(2)23-25(35)31-14-32-26(23)37-24/h4-9,11,14,21-22,34H,3,10,12-13,30H2,1-2H3,(H,31,32,35). The third-order valence-electron chi connectivity index (χ3n) is 6.28. The Morgan fingerprint density at radius 1 is 1.16 bits per heavy atom. The first-order valence-corrected chi connectivity index (χ1v) is 12.7. The summed E-state index contributed by atoms with van der Waals surface area (Å²) in [6.07, 6.45) is 0.954. The third-order valence-corrected chi connectivity index (χ3v) is 7.47. The van der Waals surface area contributed by atoms with Gasteiger partial charge in [-0.05, 0) is 54.2 Å². The number of nitrogens with zero attached hydrogens (tertiary/aromatic N) is 2. The van der Waals surface area contributed by atoms with Crippen molar-refractivity contribution < 1.29 is 18.7 Å². The fourth-order valence-corrected chi connectivity index (χ4v) is 5.43. The van der Waals surface area contributed by atoms with Crippen LogP contribution < -0.4 is 11.3 Å². The Labute approximate surface area is 216 Å². The highest BCUT2D eigenvalue weighted by Gasteiger charge is 2.27. The van der Waals surface area contributed by atoms with E-state index in [1.165, 1.54) is 23.4 Å². The number of carbonyl (C=O) groups excluding carboxylic acids is 1. The first kappa shape index (κ1) is 26.6. The highest BCUT2D eigenvalue weighted by molar-refractivity contribution is 7.20. The molecule has 1 amide bonds. The Bertz CT molecular complexity index is 1470. The van der Waals surface area contributed by atoms with Gasteiger partial charge in [0.2, 0.25) is 0 Å². The van der Waals surface area contributed by atoms with Crippen molar-refractivity contribution in [2.24, 2.45) is 5.73 Å². The smallest absolute Gasteiger partial charge is 0.264 e. The zero-order valence-corrected chi connectivity index (χ0v) is 21.3. The molecule has 2 aromatic heterocycles. The summed E-state index contributed by atoms with van der Waals surface area (Å²) < 4.78 is 27.2. The van der Waals surface area contributed by atoms with E-state index in [-0.39, 0.29) is 31.0 Å². The molecule has 0 aliphatic rings. The summed E-state index contributed by atoms with van der Waals surface area (Å²) in [6, 6.07) is 10.0. The highest BCUT2D eigenvalue weighted by Crippen LogP contribution is 2.28. The van der Waals surface area contributed by atoms with Crippen molar-refractivity contribution in [2.75, 3.05) is 6.54 Å². The lowest BCUT2D eigenvalue weighted by molar-refractivity contribution is 0.0558. The quantitative estimate of drug-likeness (QED) is 0.308. The molecule has 4 rings (SSSR count). The van der Waals surface area contributed by atoms with Crippen LogP contribution in [-0.2, 0) is 19.4 Å². The number of aromatic amines is 1. The van der Waals surface area contributed by atoms with Gasteiger partial charge in [0.05, 0.1) is 22.7 Å². The molecule has 0 spiro atoms. The predicted molar refractivity (Wildman–Crippen MR) is 140 cm³/mol. The highest BCUT2D eigenvalue weighted by atomic mass is 32.1. The first-order valence-electron chi connectivity index (χ1n) is 11.9. The van der Waals surface area contributed by atoms with Gasteiger partial charge in [0.25, 0.3) is 11.5 Å². The van der Waals surface area contributed by atoms with Crippen molar-refractivity contribution in [1.82, 2.24) is 14.9 Å².